The van der Waals surface area contributed by atoms with E-state index in [1.807, 2.05) is 55.5 Å². The number of nitrogens with two attached hydrogens (primary N) is 1. The van der Waals surface area contributed by atoms with Crippen molar-refractivity contribution in [2.45, 2.75) is 19.4 Å². The summed E-state index contributed by atoms with van der Waals surface area (Å²) in [5, 5.41) is 9.04. The predicted molar refractivity (Wildman–Crippen MR) is 76.4 cm³/mol. The van der Waals surface area contributed by atoms with Crippen LogP contribution < -0.4 is 10.5 Å². The van der Waals surface area contributed by atoms with Crippen LogP contribution in [0.5, 0.6) is 11.5 Å². The maximum absolute atomic E-state index is 9.04. The molecule has 0 fully saturated rings. The summed E-state index contributed by atoms with van der Waals surface area (Å²) in [5.74, 6) is 1.56. The first-order valence-corrected chi connectivity index (χ1v) is 6.43. The molecule has 1 atom stereocenters. The van der Waals surface area contributed by atoms with Crippen molar-refractivity contribution >= 4 is 0 Å². The molecule has 0 bridgehead atoms. The van der Waals surface area contributed by atoms with E-state index in [9.17, 15) is 0 Å². The van der Waals surface area contributed by atoms with Crippen LogP contribution in [0, 0.1) is 0 Å². The Hall–Kier alpha value is -1.84. The smallest absolute Gasteiger partial charge is 0.130 e. The molecule has 3 nitrogen and oxygen atoms in total. The van der Waals surface area contributed by atoms with Gasteiger partial charge in [-0.05, 0) is 42.7 Å². The molecule has 2 aromatic carbocycles. The molecule has 0 heterocycles. The number of aliphatic hydroxyl groups is 1. The largest absolute Gasteiger partial charge is 0.457 e. The van der Waals surface area contributed by atoms with Gasteiger partial charge in [-0.25, -0.2) is 0 Å². The Morgan fingerprint density at radius 3 is 2.42 bits per heavy atom. The van der Waals surface area contributed by atoms with Crippen molar-refractivity contribution in [2.24, 2.45) is 5.73 Å². The van der Waals surface area contributed by atoms with Crippen molar-refractivity contribution in [2.75, 3.05) is 6.61 Å². The zero-order valence-corrected chi connectivity index (χ0v) is 11.0. The lowest BCUT2D eigenvalue weighted by Gasteiger charge is -2.11. The highest BCUT2D eigenvalue weighted by molar-refractivity contribution is 5.39. The SMILES string of the molecule is C[C@H](N)c1ccc(Oc2ccccc2CCO)cc1. The summed E-state index contributed by atoms with van der Waals surface area (Å²) in [4.78, 5) is 0. The van der Waals surface area contributed by atoms with E-state index in [0.29, 0.717) is 6.42 Å². The maximum atomic E-state index is 9.04. The highest BCUT2D eigenvalue weighted by Crippen LogP contribution is 2.26. The number of hydrogen-bond donors (Lipinski definition) is 2. The Bertz CT molecular complexity index is 521. The Balaban J connectivity index is 2.16. The van der Waals surface area contributed by atoms with Crippen LogP contribution in [0.1, 0.15) is 24.1 Å². The Morgan fingerprint density at radius 2 is 1.79 bits per heavy atom. The van der Waals surface area contributed by atoms with Gasteiger partial charge in [0.25, 0.3) is 0 Å². The molecule has 2 aromatic rings. The van der Waals surface area contributed by atoms with Crippen LogP contribution in [-0.2, 0) is 6.42 Å². The molecule has 0 aliphatic carbocycles. The summed E-state index contributed by atoms with van der Waals surface area (Å²) in [6.45, 7) is 2.07. The van der Waals surface area contributed by atoms with Crippen LogP contribution in [0.25, 0.3) is 0 Å². The summed E-state index contributed by atoms with van der Waals surface area (Å²) in [6.07, 6.45) is 0.591. The fourth-order valence-electron chi connectivity index (χ4n) is 1.90. The molecule has 0 aliphatic heterocycles. The lowest BCUT2D eigenvalue weighted by atomic mass is 10.1. The summed E-state index contributed by atoms with van der Waals surface area (Å²) in [6, 6.07) is 15.5. The molecule has 100 valence electrons. The third kappa shape index (κ3) is 3.56. The lowest BCUT2D eigenvalue weighted by Crippen LogP contribution is -2.04. The molecule has 0 amide bonds. The maximum Gasteiger partial charge on any atom is 0.130 e. The third-order valence-corrected chi connectivity index (χ3v) is 2.99. The van der Waals surface area contributed by atoms with Gasteiger partial charge in [-0.15, -0.1) is 0 Å². The van der Waals surface area contributed by atoms with Gasteiger partial charge in [0.05, 0.1) is 0 Å². The van der Waals surface area contributed by atoms with Crippen molar-refractivity contribution in [3.05, 3.63) is 59.7 Å². The standard InChI is InChI=1S/C16H19NO2/c1-12(17)13-6-8-15(9-7-13)19-16-5-3-2-4-14(16)10-11-18/h2-9,12,18H,10-11,17H2,1H3/t12-/m0/s1. The van der Waals surface area contributed by atoms with Crippen molar-refractivity contribution < 1.29 is 9.84 Å². The van der Waals surface area contributed by atoms with E-state index in [4.69, 9.17) is 15.6 Å². The van der Waals surface area contributed by atoms with Crippen LogP contribution in [0.3, 0.4) is 0 Å². The van der Waals surface area contributed by atoms with Crippen LogP contribution in [-0.4, -0.2) is 11.7 Å². The molecule has 19 heavy (non-hydrogen) atoms. The van der Waals surface area contributed by atoms with Gasteiger partial charge in [-0.1, -0.05) is 30.3 Å². The highest BCUT2D eigenvalue weighted by atomic mass is 16.5. The molecule has 0 radical (unpaired) electrons. The van der Waals surface area contributed by atoms with E-state index >= 15 is 0 Å². The monoisotopic (exact) mass is 257 g/mol. The molecular weight excluding hydrogens is 238 g/mol. The Kier molecular flexibility index (Phi) is 4.55. The fraction of sp³-hybridized carbons (Fsp3) is 0.250. The van der Waals surface area contributed by atoms with Gasteiger partial charge in [-0.3, -0.25) is 0 Å². The van der Waals surface area contributed by atoms with E-state index in [1.165, 1.54) is 0 Å². The van der Waals surface area contributed by atoms with E-state index in [2.05, 4.69) is 0 Å². The first-order chi connectivity index (χ1) is 9.20. The average molecular weight is 257 g/mol. The van der Waals surface area contributed by atoms with Gasteiger partial charge in [0.15, 0.2) is 0 Å². The second-order valence-corrected chi connectivity index (χ2v) is 4.54. The number of aliphatic hydroxyl groups excluding tert-OH is 1. The fourth-order valence-corrected chi connectivity index (χ4v) is 1.90. The number of para-hydroxylation sites is 1. The van der Waals surface area contributed by atoms with E-state index in [-0.39, 0.29) is 12.6 Å². The van der Waals surface area contributed by atoms with Crippen molar-refractivity contribution in [3.8, 4) is 11.5 Å². The Morgan fingerprint density at radius 1 is 1.11 bits per heavy atom. The van der Waals surface area contributed by atoms with Crippen LogP contribution >= 0.6 is 0 Å². The minimum Gasteiger partial charge on any atom is -0.457 e. The minimum atomic E-state index is 0.0238. The van der Waals surface area contributed by atoms with Crippen molar-refractivity contribution in [1.29, 1.82) is 0 Å². The molecular formula is C16H19NO2. The first-order valence-electron chi connectivity index (χ1n) is 6.43. The number of hydrogen-bond acceptors (Lipinski definition) is 3. The van der Waals surface area contributed by atoms with Gasteiger partial charge < -0.3 is 15.6 Å². The second kappa shape index (κ2) is 6.36. The quantitative estimate of drug-likeness (QED) is 0.865. The summed E-state index contributed by atoms with van der Waals surface area (Å²) in [5.41, 5.74) is 7.89. The predicted octanol–water partition coefficient (Wildman–Crippen LogP) is 3.03. The molecule has 0 saturated carbocycles. The molecule has 3 N–H and O–H groups in total. The summed E-state index contributed by atoms with van der Waals surface area (Å²) >= 11 is 0. The van der Waals surface area contributed by atoms with E-state index in [1.54, 1.807) is 0 Å². The summed E-state index contributed by atoms with van der Waals surface area (Å²) in [7, 11) is 0. The normalized spacial score (nSPS) is 12.2. The number of ether oxygens (including phenoxy) is 1. The van der Waals surface area contributed by atoms with E-state index < -0.39 is 0 Å². The number of benzene rings is 2. The Labute approximate surface area is 113 Å². The van der Waals surface area contributed by atoms with Crippen molar-refractivity contribution in [1.82, 2.24) is 0 Å². The van der Waals surface area contributed by atoms with Crippen LogP contribution in [0.4, 0.5) is 0 Å². The van der Waals surface area contributed by atoms with Gasteiger partial charge in [-0.2, -0.15) is 0 Å². The average Bonchev–Trinajstić information content (AvgIpc) is 2.42. The van der Waals surface area contributed by atoms with Crippen LogP contribution in [0.15, 0.2) is 48.5 Å². The van der Waals surface area contributed by atoms with Gasteiger partial charge in [0, 0.05) is 12.6 Å². The molecule has 3 heteroatoms. The lowest BCUT2D eigenvalue weighted by molar-refractivity contribution is 0.298. The summed E-state index contributed by atoms with van der Waals surface area (Å²) < 4.78 is 5.84. The molecule has 0 spiro atoms. The van der Waals surface area contributed by atoms with Gasteiger partial charge >= 0.3 is 0 Å². The molecule has 0 saturated heterocycles. The second-order valence-electron chi connectivity index (χ2n) is 4.54. The van der Waals surface area contributed by atoms with Gasteiger partial charge in [0.2, 0.25) is 0 Å². The molecule has 0 aliphatic rings. The van der Waals surface area contributed by atoms with Crippen molar-refractivity contribution in [3.63, 3.8) is 0 Å². The first kappa shape index (κ1) is 13.6. The van der Waals surface area contributed by atoms with Gasteiger partial charge in [0.1, 0.15) is 11.5 Å². The highest BCUT2D eigenvalue weighted by Gasteiger charge is 2.05. The zero-order valence-electron chi connectivity index (χ0n) is 11.0. The number of rotatable bonds is 5. The third-order valence-electron chi connectivity index (χ3n) is 2.99. The molecule has 0 unspecified atom stereocenters. The van der Waals surface area contributed by atoms with Crippen LogP contribution in [0.2, 0.25) is 0 Å². The zero-order chi connectivity index (χ0) is 13.7. The molecule has 0 aromatic heterocycles. The molecule has 2 rings (SSSR count). The van der Waals surface area contributed by atoms with E-state index in [0.717, 1.165) is 22.6 Å². The topological polar surface area (TPSA) is 55.5 Å². The minimum absolute atomic E-state index is 0.0238.